The molecule has 1 aliphatic heterocycles. The first-order valence-corrected chi connectivity index (χ1v) is 12.1. The zero-order chi connectivity index (χ0) is 28.0. The number of ether oxygens (including phenoxy) is 5. The Morgan fingerprint density at radius 1 is 1.00 bits per heavy atom. The summed E-state index contributed by atoms with van der Waals surface area (Å²) in [5.41, 5.74) is 2.02. The fourth-order valence-corrected chi connectivity index (χ4v) is 4.20. The first kappa shape index (κ1) is 28.5. The molecule has 0 saturated carbocycles. The normalized spacial score (nSPS) is 23.7. The molecule has 2 aromatic carbocycles. The molecule has 210 valence electrons. The maximum absolute atomic E-state index is 12.4. The van der Waals surface area contributed by atoms with E-state index in [1.54, 1.807) is 20.4 Å². The van der Waals surface area contributed by atoms with Crippen LogP contribution in [0.2, 0.25) is 0 Å². The van der Waals surface area contributed by atoms with Gasteiger partial charge < -0.3 is 28.5 Å². The van der Waals surface area contributed by atoms with Crippen LogP contribution in [0, 0.1) is 0 Å². The molecule has 13 heteroatoms. The zero-order valence-corrected chi connectivity index (χ0v) is 21.7. The van der Waals surface area contributed by atoms with Gasteiger partial charge in [0.2, 0.25) is 0 Å². The predicted molar refractivity (Wildman–Crippen MR) is 133 cm³/mol. The molecule has 1 aliphatic rings. The smallest absolute Gasteiger partial charge is 0.406 e. The zero-order valence-electron chi connectivity index (χ0n) is 21.7. The third kappa shape index (κ3) is 7.12. The number of oxime groups is 1. The summed E-state index contributed by atoms with van der Waals surface area (Å²) in [6.07, 6.45) is -4.06. The highest BCUT2D eigenvalue weighted by atomic mass is 19.4. The Morgan fingerprint density at radius 2 is 1.69 bits per heavy atom. The van der Waals surface area contributed by atoms with Gasteiger partial charge >= 0.3 is 6.36 Å². The predicted octanol–water partition coefficient (Wildman–Crippen LogP) is 4.36. The number of hydrogen-bond donors (Lipinski definition) is 0. The Balaban J connectivity index is 1.38. The summed E-state index contributed by atoms with van der Waals surface area (Å²) in [6.45, 7) is 4.25. The Kier molecular flexibility index (Phi) is 9.17. The van der Waals surface area contributed by atoms with Gasteiger partial charge in [-0.05, 0) is 43.7 Å². The van der Waals surface area contributed by atoms with Crippen LogP contribution in [0.1, 0.15) is 19.4 Å². The second-order valence-electron chi connectivity index (χ2n) is 8.55. The van der Waals surface area contributed by atoms with Crippen LogP contribution in [0.3, 0.4) is 0 Å². The lowest BCUT2D eigenvalue weighted by Gasteiger charge is -2.42. The first-order valence-electron chi connectivity index (χ1n) is 12.1. The molecule has 1 fully saturated rings. The van der Waals surface area contributed by atoms with Crippen LogP contribution >= 0.6 is 0 Å². The molecule has 0 bridgehead atoms. The molecule has 0 radical (unpaired) electrons. The lowest BCUT2D eigenvalue weighted by Crippen LogP contribution is -2.59. The average Bonchev–Trinajstić information content (AvgIpc) is 3.39. The van der Waals surface area contributed by atoms with Gasteiger partial charge in [0.15, 0.2) is 11.9 Å². The van der Waals surface area contributed by atoms with Crippen molar-refractivity contribution in [1.29, 1.82) is 0 Å². The van der Waals surface area contributed by atoms with Crippen molar-refractivity contribution in [3.05, 3.63) is 60.4 Å². The van der Waals surface area contributed by atoms with Crippen molar-refractivity contribution in [2.75, 3.05) is 20.8 Å². The lowest BCUT2D eigenvalue weighted by atomic mass is 9.99. The third-order valence-electron chi connectivity index (χ3n) is 5.99. The highest BCUT2D eigenvalue weighted by molar-refractivity contribution is 5.80. The maximum Gasteiger partial charge on any atom is 0.573 e. The molecule has 0 spiro atoms. The topological polar surface area (TPSA) is 98.5 Å². The molecule has 4 rings (SSSR count). The van der Waals surface area contributed by atoms with E-state index in [9.17, 15) is 13.2 Å². The van der Waals surface area contributed by atoms with Crippen LogP contribution < -0.4 is 4.74 Å². The van der Waals surface area contributed by atoms with Crippen LogP contribution in [0.4, 0.5) is 13.2 Å². The number of benzene rings is 2. The molecule has 10 nitrogen and oxygen atoms in total. The number of methoxy groups -OCH3 is 2. The number of halogens is 3. The quantitative estimate of drug-likeness (QED) is 0.271. The van der Waals surface area contributed by atoms with Crippen LogP contribution in [-0.2, 0) is 23.8 Å². The minimum Gasteiger partial charge on any atom is -0.406 e. The monoisotopic (exact) mass is 550 g/mol. The van der Waals surface area contributed by atoms with Gasteiger partial charge in [0.05, 0.1) is 18.0 Å². The van der Waals surface area contributed by atoms with E-state index in [0.717, 1.165) is 11.1 Å². The molecule has 0 N–H and O–H groups in total. The van der Waals surface area contributed by atoms with E-state index in [-0.39, 0.29) is 24.1 Å². The number of nitrogens with zero attached hydrogens (tertiary/aromatic N) is 4. The van der Waals surface area contributed by atoms with Gasteiger partial charge in [0.25, 0.3) is 6.29 Å². The largest absolute Gasteiger partial charge is 0.573 e. The summed E-state index contributed by atoms with van der Waals surface area (Å²) in [4.78, 5) is 9.91. The van der Waals surface area contributed by atoms with Crippen molar-refractivity contribution < 1.29 is 41.7 Å². The fourth-order valence-electron chi connectivity index (χ4n) is 4.20. The van der Waals surface area contributed by atoms with Gasteiger partial charge in [-0.1, -0.05) is 29.4 Å². The molecule has 0 amide bonds. The maximum atomic E-state index is 12.4. The first-order chi connectivity index (χ1) is 18.7. The average molecular weight is 551 g/mol. The van der Waals surface area contributed by atoms with E-state index < -0.39 is 18.8 Å². The minimum absolute atomic E-state index is 0.295. The fraction of sp³-hybridized carbons (Fsp3) is 0.423. The van der Waals surface area contributed by atoms with Crippen molar-refractivity contribution in [2.45, 2.75) is 50.9 Å². The minimum atomic E-state index is -4.75. The number of hydrogen-bond acceptors (Lipinski definition) is 9. The molecular formula is C26H29F3N4O6. The van der Waals surface area contributed by atoms with Crippen molar-refractivity contribution in [3.63, 3.8) is 0 Å². The van der Waals surface area contributed by atoms with Gasteiger partial charge in [-0.15, -0.1) is 18.3 Å². The molecule has 1 aromatic heterocycles. The Labute approximate surface area is 223 Å². The van der Waals surface area contributed by atoms with Crippen molar-refractivity contribution in [1.82, 2.24) is 14.8 Å². The van der Waals surface area contributed by atoms with Gasteiger partial charge in [-0.25, -0.2) is 9.67 Å². The Morgan fingerprint density at radius 3 is 2.31 bits per heavy atom. The standard InChI is InChI=1S/C26H29F3N4O6/c1-5-36-22-21(34-3)16(2)37-25(23(22)35-4)39-31-14-17-6-8-18(9-7-17)24-30-15-33(32-24)19-10-12-20(13-11-19)38-26(27,28)29/h6-16,21-23,25H,5H2,1-4H3/b31-14+/t16-,21-,22+,23+,25-/m0/s1. The van der Waals surface area contributed by atoms with Crippen LogP contribution in [0.5, 0.6) is 5.75 Å². The number of alkyl halides is 3. The molecule has 5 atom stereocenters. The number of aromatic nitrogens is 3. The summed E-state index contributed by atoms with van der Waals surface area (Å²) in [7, 11) is 3.15. The van der Waals surface area contributed by atoms with E-state index in [0.29, 0.717) is 18.1 Å². The van der Waals surface area contributed by atoms with Gasteiger partial charge in [-0.2, -0.15) is 0 Å². The van der Waals surface area contributed by atoms with E-state index >= 15 is 0 Å². The van der Waals surface area contributed by atoms with Crippen LogP contribution in [-0.4, -0.2) is 78.9 Å². The molecule has 39 heavy (non-hydrogen) atoms. The van der Waals surface area contributed by atoms with Crippen LogP contribution in [0.25, 0.3) is 17.1 Å². The van der Waals surface area contributed by atoms with E-state index in [4.69, 9.17) is 23.8 Å². The van der Waals surface area contributed by atoms with Crippen molar-refractivity contribution in [2.24, 2.45) is 5.16 Å². The second kappa shape index (κ2) is 12.6. The Bertz CT molecular complexity index is 1220. The second-order valence-corrected chi connectivity index (χ2v) is 8.55. The molecule has 0 unspecified atom stereocenters. The van der Waals surface area contributed by atoms with Gasteiger partial charge in [0.1, 0.15) is 24.3 Å². The highest BCUT2D eigenvalue weighted by Crippen LogP contribution is 2.28. The van der Waals surface area contributed by atoms with E-state index in [1.807, 2.05) is 38.1 Å². The summed E-state index contributed by atoms with van der Waals surface area (Å²) < 4.78 is 65.3. The van der Waals surface area contributed by atoms with Crippen molar-refractivity contribution >= 4 is 6.21 Å². The molecule has 3 aromatic rings. The molecule has 0 aliphatic carbocycles. The van der Waals surface area contributed by atoms with Gasteiger partial charge in [0, 0.05) is 26.4 Å². The number of rotatable bonds is 10. The third-order valence-corrected chi connectivity index (χ3v) is 5.99. The summed E-state index contributed by atoms with van der Waals surface area (Å²) in [5, 5.41) is 8.48. The highest BCUT2D eigenvalue weighted by Gasteiger charge is 2.47. The van der Waals surface area contributed by atoms with Crippen molar-refractivity contribution in [3.8, 4) is 22.8 Å². The van der Waals surface area contributed by atoms with E-state index in [1.165, 1.54) is 35.3 Å². The van der Waals surface area contributed by atoms with Crippen LogP contribution in [0.15, 0.2) is 60.0 Å². The van der Waals surface area contributed by atoms with Gasteiger partial charge in [-0.3, -0.25) is 0 Å². The summed E-state index contributed by atoms with van der Waals surface area (Å²) in [6, 6.07) is 12.6. The lowest BCUT2D eigenvalue weighted by molar-refractivity contribution is -0.308. The SMILES string of the molecule is CCO[C@@H]1[C@@H](OC)[C@H](C)O[C@@H](O/N=C/c2ccc(-c3ncn(-c4ccc(OC(F)(F)F)cc4)n3)cc2)[C@@H]1OC. The molecule has 2 heterocycles. The summed E-state index contributed by atoms with van der Waals surface area (Å²) >= 11 is 0. The molecule has 1 saturated heterocycles. The summed E-state index contributed by atoms with van der Waals surface area (Å²) in [5.74, 6) is 0.121. The van der Waals surface area contributed by atoms with E-state index in [2.05, 4.69) is 20.0 Å². The molecular weight excluding hydrogens is 521 g/mol. The Hall–Kier alpha value is -3.52.